The van der Waals surface area contributed by atoms with Crippen LogP contribution in [0.15, 0.2) is 24.5 Å². The van der Waals surface area contributed by atoms with Crippen molar-refractivity contribution in [1.29, 1.82) is 0 Å². The van der Waals surface area contributed by atoms with Crippen LogP contribution in [0.4, 0.5) is 13.2 Å². The van der Waals surface area contributed by atoms with E-state index in [1.165, 1.54) is 0 Å². The molecule has 19 heavy (non-hydrogen) atoms. The summed E-state index contributed by atoms with van der Waals surface area (Å²) in [5, 5.41) is 2.97. The molecular formula is C13H14F3N3. The van der Waals surface area contributed by atoms with Crippen LogP contribution < -0.4 is 5.32 Å². The largest absolute Gasteiger partial charge is 0.338 e. The van der Waals surface area contributed by atoms with E-state index in [2.05, 4.69) is 10.3 Å². The number of aromatic nitrogens is 2. The fraction of sp³-hybridized carbons (Fsp3) is 0.308. The lowest BCUT2D eigenvalue weighted by atomic mass is 10.2. The van der Waals surface area contributed by atoms with E-state index in [4.69, 9.17) is 0 Å². The second-order valence-electron chi connectivity index (χ2n) is 4.24. The Morgan fingerprint density at radius 2 is 1.89 bits per heavy atom. The zero-order valence-electron chi connectivity index (χ0n) is 10.5. The van der Waals surface area contributed by atoms with Crippen LogP contribution in [0.1, 0.15) is 11.4 Å². The Labute approximate surface area is 109 Å². The monoisotopic (exact) mass is 269 g/mol. The number of nitrogens with one attached hydrogen (secondary N) is 1. The molecule has 0 aliphatic carbocycles. The maximum atomic E-state index is 13.3. The first-order chi connectivity index (χ1) is 9.08. The zero-order valence-corrected chi connectivity index (χ0v) is 10.5. The summed E-state index contributed by atoms with van der Waals surface area (Å²) in [7, 11) is 1.89. The number of halogens is 3. The molecule has 1 N–H and O–H groups in total. The molecule has 0 saturated carbocycles. The number of hydrogen-bond donors (Lipinski definition) is 1. The average molecular weight is 269 g/mol. The van der Waals surface area contributed by atoms with E-state index in [-0.39, 0.29) is 12.1 Å². The number of imidazole rings is 1. The molecule has 1 aromatic heterocycles. The summed E-state index contributed by atoms with van der Waals surface area (Å²) in [6, 6.07) is 1.43. The van der Waals surface area contributed by atoms with Gasteiger partial charge in [-0.1, -0.05) is 0 Å². The zero-order chi connectivity index (χ0) is 13.8. The highest BCUT2D eigenvalue weighted by Crippen LogP contribution is 2.13. The van der Waals surface area contributed by atoms with Crippen molar-refractivity contribution in [3.8, 4) is 0 Å². The lowest BCUT2D eigenvalue weighted by Crippen LogP contribution is -2.19. The van der Waals surface area contributed by atoms with Crippen LogP contribution in [0.3, 0.4) is 0 Å². The molecule has 1 aromatic carbocycles. The third-order valence-electron chi connectivity index (χ3n) is 2.85. The van der Waals surface area contributed by atoms with Gasteiger partial charge in [0, 0.05) is 50.6 Å². The molecule has 0 aliphatic rings. The van der Waals surface area contributed by atoms with Crippen LogP contribution in [-0.4, -0.2) is 16.1 Å². The predicted molar refractivity (Wildman–Crippen MR) is 64.9 cm³/mol. The van der Waals surface area contributed by atoms with Crippen molar-refractivity contribution >= 4 is 0 Å². The smallest absolute Gasteiger partial charge is 0.161 e. The van der Waals surface area contributed by atoms with Crippen molar-refractivity contribution in [3.05, 3.63) is 53.4 Å². The minimum Gasteiger partial charge on any atom is -0.338 e. The first-order valence-electron chi connectivity index (χ1n) is 5.88. The van der Waals surface area contributed by atoms with E-state index in [9.17, 15) is 13.2 Å². The maximum absolute atomic E-state index is 13.3. The van der Waals surface area contributed by atoms with Gasteiger partial charge in [-0.2, -0.15) is 0 Å². The third-order valence-corrected chi connectivity index (χ3v) is 2.85. The molecular weight excluding hydrogens is 255 g/mol. The summed E-state index contributed by atoms with van der Waals surface area (Å²) in [4.78, 5) is 4.14. The Balaban J connectivity index is 1.86. The molecule has 0 atom stereocenters. The van der Waals surface area contributed by atoms with Gasteiger partial charge in [0.1, 0.15) is 11.6 Å². The molecule has 0 aliphatic heterocycles. The first-order valence-corrected chi connectivity index (χ1v) is 5.88. The van der Waals surface area contributed by atoms with Crippen LogP contribution in [0, 0.1) is 17.5 Å². The molecule has 2 aromatic rings. The molecule has 0 spiro atoms. The lowest BCUT2D eigenvalue weighted by Gasteiger charge is -2.07. The molecule has 102 valence electrons. The summed E-state index contributed by atoms with van der Waals surface area (Å²) < 4.78 is 40.9. The first kappa shape index (κ1) is 13.6. The second-order valence-corrected chi connectivity index (χ2v) is 4.24. The van der Waals surface area contributed by atoms with Gasteiger partial charge in [0.2, 0.25) is 0 Å². The van der Waals surface area contributed by atoms with Crippen LogP contribution in [0.25, 0.3) is 0 Å². The fourth-order valence-electron chi connectivity index (χ4n) is 1.76. The molecule has 0 radical (unpaired) electrons. The van der Waals surface area contributed by atoms with Gasteiger partial charge in [-0.05, 0) is 6.07 Å². The highest BCUT2D eigenvalue weighted by molar-refractivity contribution is 5.19. The molecule has 0 amide bonds. The van der Waals surface area contributed by atoms with Crippen LogP contribution in [0.5, 0.6) is 0 Å². The Bertz CT molecular complexity index is 566. The molecule has 0 saturated heterocycles. The molecule has 0 bridgehead atoms. The molecule has 3 nitrogen and oxygen atoms in total. The van der Waals surface area contributed by atoms with Gasteiger partial charge in [0.15, 0.2) is 11.6 Å². The normalized spacial score (nSPS) is 10.9. The van der Waals surface area contributed by atoms with Crippen molar-refractivity contribution < 1.29 is 13.2 Å². The van der Waals surface area contributed by atoms with E-state index in [1.807, 2.05) is 17.8 Å². The SMILES string of the molecule is Cn1ccnc1CCNCc1cc(F)c(F)cc1F. The number of nitrogens with zero attached hydrogens (tertiary/aromatic N) is 2. The Morgan fingerprint density at radius 3 is 2.58 bits per heavy atom. The summed E-state index contributed by atoms with van der Waals surface area (Å²) in [6.45, 7) is 0.719. The van der Waals surface area contributed by atoms with Gasteiger partial charge in [0.25, 0.3) is 0 Å². The van der Waals surface area contributed by atoms with Crippen molar-refractivity contribution in [3.63, 3.8) is 0 Å². The van der Waals surface area contributed by atoms with Crippen LogP contribution >= 0.6 is 0 Å². The van der Waals surface area contributed by atoms with Crippen molar-refractivity contribution in [2.75, 3.05) is 6.54 Å². The van der Waals surface area contributed by atoms with E-state index < -0.39 is 17.5 Å². The number of aryl methyl sites for hydroxylation is 1. The Hall–Kier alpha value is -1.82. The van der Waals surface area contributed by atoms with Gasteiger partial charge < -0.3 is 9.88 Å². The summed E-state index contributed by atoms with van der Waals surface area (Å²) in [6.07, 6.45) is 4.21. The van der Waals surface area contributed by atoms with Gasteiger partial charge >= 0.3 is 0 Å². The van der Waals surface area contributed by atoms with Crippen molar-refractivity contribution in [2.45, 2.75) is 13.0 Å². The number of benzene rings is 1. The molecule has 0 fully saturated rings. The van der Waals surface area contributed by atoms with Gasteiger partial charge in [0.05, 0.1) is 0 Å². The Kier molecular flexibility index (Phi) is 4.21. The lowest BCUT2D eigenvalue weighted by molar-refractivity contribution is 0.486. The minimum atomic E-state index is -1.17. The molecule has 6 heteroatoms. The summed E-state index contributed by atoms with van der Waals surface area (Å²) in [5.74, 6) is -2.06. The Morgan fingerprint density at radius 1 is 1.16 bits per heavy atom. The van der Waals surface area contributed by atoms with Gasteiger partial charge in [-0.15, -0.1) is 0 Å². The quantitative estimate of drug-likeness (QED) is 0.666. The molecule has 2 rings (SSSR count). The van der Waals surface area contributed by atoms with Crippen LogP contribution in [0.2, 0.25) is 0 Å². The topological polar surface area (TPSA) is 29.9 Å². The maximum Gasteiger partial charge on any atom is 0.161 e. The van der Waals surface area contributed by atoms with Crippen LogP contribution in [-0.2, 0) is 20.0 Å². The minimum absolute atomic E-state index is 0.110. The van der Waals surface area contributed by atoms with Gasteiger partial charge in [-0.3, -0.25) is 0 Å². The predicted octanol–water partition coefficient (Wildman–Crippen LogP) is 2.17. The highest BCUT2D eigenvalue weighted by atomic mass is 19.2. The van der Waals surface area contributed by atoms with E-state index >= 15 is 0 Å². The fourth-order valence-corrected chi connectivity index (χ4v) is 1.76. The number of hydrogen-bond acceptors (Lipinski definition) is 2. The highest BCUT2D eigenvalue weighted by Gasteiger charge is 2.09. The summed E-state index contributed by atoms with van der Waals surface area (Å²) in [5.41, 5.74) is 0.110. The summed E-state index contributed by atoms with van der Waals surface area (Å²) >= 11 is 0. The van der Waals surface area contributed by atoms with E-state index in [0.717, 1.165) is 11.9 Å². The molecule has 0 unspecified atom stereocenters. The van der Waals surface area contributed by atoms with Crippen molar-refractivity contribution in [2.24, 2.45) is 7.05 Å². The second kappa shape index (κ2) is 5.88. The standard InChI is InChI=1S/C13H14F3N3/c1-19-5-4-18-13(19)2-3-17-8-9-6-11(15)12(16)7-10(9)14/h4-7,17H,2-3,8H2,1H3. The average Bonchev–Trinajstić information content (AvgIpc) is 2.77. The third kappa shape index (κ3) is 3.35. The van der Waals surface area contributed by atoms with Crippen molar-refractivity contribution in [1.82, 2.24) is 14.9 Å². The van der Waals surface area contributed by atoms with Gasteiger partial charge in [-0.25, -0.2) is 18.2 Å². The number of rotatable bonds is 5. The van der Waals surface area contributed by atoms with E-state index in [1.54, 1.807) is 6.20 Å². The van der Waals surface area contributed by atoms with E-state index in [0.29, 0.717) is 19.0 Å². The molecule has 1 heterocycles.